The normalized spacial score (nSPS) is 12.7. The van der Waals surface area contributed by atoms with Gasteiger partial charge in [0.1, 0.15) is 0 Å². The zero-order valence-corrected chi connectivity index (χ0v) is 11.8. The third-order valence-corrected chi connectivity index (χ3v) is 4.19. The second-order valence-corrected chi connectivity index (χ2v) is 5.74. The van der Waals surface area contributed by atoms with Crippen molar-refractivity contribution in [1.29, 1.82) is 0 Å². The lowest BCUT2D eigenvalue weighted by Crippen LogP contribution is -2.16. The lowest BCUT2D eigenvalue weighted by molar-refractivity contribution is 0.694. The Labute approximate surface area is 111 Å². The first-order chi connectivity index (χ1) is 8.11. The molecule has 1 heterocycles. The standard InChI is InChI=1S/C14H16ClNS/c1-9-4-5-11(7-13(9)15)14(16-3)12-6-10(2)17-8-12/h4-8,14,16H,1-3H3. The van der Waals surface area contributed by atoms with Gasteiger partial charge in [0, 0.05) is 9.90 Å². The molecule has 0 saturated carbocycles. The van der Waals surface area contributed by atoms with Crippen LogP contribution in [0.25, 0.3) is 0 Å². The van der Waals surface area contributed by atoms with Crippen LogP contribution in [0.1, 0.15) is 27.6 Å². The molecular weight excluding hydrogens is 250 g/mol. The van der Waals surface area contributed by atoms with Crippen molar-refractivity contribution in [2.45, 2.75) is 19.9 Å². The lowest BCUT2D eigenvalue weighted by atomic mass is 10.00. The molecular formula is C14H16ClNS. The highest BCUT2D eigenvalue weighted by atomic mass is 35.5. The fraction of sp³-hybridized carbons (Fsp3) is 0.286. The zero-order chi connectivity index (χ0) is 12.4. The van der Waals surface area contributed by atoms with Gasteiger partial charge in [0.05, 0.1) is 6.04 Å². The molecule has 0 aliphatic rings. The van der Waals surface area contributed by atoms with Gasteiger partial charge < -0.3 is 5.32 Å². The van der Waals surface area contributed by atoms with Crippen molar-refractivity contribution in [2.24, 2.45) is 0 Å². The first-order valence-electron chi connectivity index (χ1n) is 5.60. The van der Waals surface area contributed by atoms with Gasteiger partial charge in [0.25, 0.3) is 0 Å². The molecule has 0 aliphatic heterocycles. The third kappa shape index (κ3) is 2.71. The molecule has 1 nitrogen and oxygen atoms in total. The molecule has 0 fully saturated rings. The van der Waals surface area contributed by atoms with Crippen molar-refractivity contribution >= 4 is 22.9 Å². The Balaban J connectivity index is 2.38. The maximum atomic E-state index is 6.18. The quantitative estimate of drug-likeness (QED) is 0.871. The summed E-state index contributed by atoms with van der Waals surface area (Å²) in [5.41, 5.74) is 3.63. The van der Waals surface area contributed by atoms with Gasteiger partial charge in [-0.3, -0.25) is 0 Å². The van der Waals surface area contributed by atoms with Crippen LogP contribution in [0.15, 0.2) is 29.6 Å². The number of rotatable bonds is 3. The molecule has 0 aliphatic carbocycles. The molecule has 2 aromatic rings. The number of benzene rings is 1. The molecule has 0 amide bonds. The van der Waals surface area contributed by atoms with Gasteiger partial charge in [-0.05, 0) is 55.1 Å². The Kier molecular flexibility index (Phi) is 3.87. The monoisotopic (exact) mass is 265 g/mol. The highest BCUT2D eigenvalue weighted by Crippen LogP contribution is 2.28. The van der Waals surface area contributed by atoms with E-state index >= 15 is 0 Å². The van der Waals surface area contributed by atoms with Crippen LogP contribution < -0.4 is 5.32 Å². The minimum atomic E-state index is 0.220. The lowest BCUT2D eigenvalue weighted by Gasteiger charge is -2.16. The van der Waals surface area contributed by atoms with E-state index in [0.717, 1.165) is 10.6 Å². The Hall–Kier alpha value is -0.830. The van der Waals surface area contributed by atoms with E-state index in [1.165, 1.54) is 16.0 Å². The van der Waals surface area contributed by atoms with E-state index < -0.39 is 0 Å². The van der Waals surface area contributed by atoms with Crippen LogP contribution in [-0.2, 0) is 0 Å². The van der Waals surface area contributed by atoms with Gasteiger partial charge in [-0.15, -0.1) is 11.3 Å². The predicted octanol–water partition coefficient (Wildman–Crippen LogP) is 4.33. The second kappa shape index (κ2) is 5.21. The highest BCUT2D eigenvalue weighted by molar-refractivity contribution is 7.10. The van der Waals surface area contributed by atoms with Crippen LogP contribution in [0.3, 0.4) is 0 Å². The van der Waals surface area contributed by atoms with E-state index in [2.05, 4.69) is 35.8 Å². The van der Waals surface area contributed by atoms with E-state index in [1.807, 2.05) is 20.0 Å². The van der Waals surface area contributed by atoms with Crippen molar-refractivity contribution in [3.8, 4) is 0 Å². The molecule has 2 rings (SSSR count). The maximum Gasteiger partial charge on any atom is 0.0583 e. The zero-order valence-electron chi connectivity index (χ0n) is 10.3. The number of hydrogen-bond donors (Lipinski definition) is 1. The van der Waals surface area contributed by atoms with Crippen LogP contribution in [0, 0.1) is 13.8 Å². The van der Waals surface area contributed by atoms with Crippen LogP contribution in [0.2, 0.25) is 5.02 Å². The predicted molar refractivity (Wildman–Crippen MR) is 76.1 cm³/mol. The van der Waals surface area contributed by atoms with Crippen molar-refractivity contribution in [3.05, 3.63) is 56.2 Å². The van der Waals surface area contributed by atoms with Gasteiger partial charge in [-0.25, -0.2) is 0 Å². The SMILES string of the molecule is CNC(c1csc(C)c1)c1ccc(C)c(Cl)c1. The minimum absolute atomic E-state index is 0.220. The fourth-order valence-corrected chi connectivity index (χ4v) is 2.85. The van der Waals surface area contributed by atoms with E-state index in [4.69, 9.17) is 11.6 Å². The van der Waals surface area contributed by atoms with Crippen molar-refractivity contribution < 1.29 is 0 Å². The van der Waals surface area contributed by atoms with E-state index in [1.54, 1.807) is 11.3 Å². The van der Waals surface area contributed by atoms with Crippen molar-refractivity contribution in [2.75, 3.05) is 7.05 Å². The summed E-state index contributed by atoms with van der Waals surface area (Å²) < 4.78 is 0. The average Bonchev–Trinajstić information content (AvgIpc) is 2.71. The molecule has 1 unspecified atom stereocenters. The second-order valence-electron chi connectivity index (χ2n) is 4.22. The average molecular weight is 266 g/mol. The summed E-state index contributed by atoms with van der Waals surface area (Å²) in [5, 5.41) is 6.37. The van der Waals surface area contributed by atoms with Gasteiger partial charge in [0.2, 0.25) is 0 Å². The van der Waals surface area contributed by atoms with E-state index in [9.17, 15) is 0 Å². The molecule has 3 heteroatoms. The topological polar surface area (TPSA) is 12.0 Å². The van der Waals surface area contributed by atoms with Crippen molar-refractivity contribution in [3.63, 3.8) is 0 Å². The fourth-order valence-electron chi connectivity index (χ4n) is 1.93. The van der Waals surface area contributed by atoms with Crippen LogP contribution in [-0.4, -0.2) is 7.05 Å². The van der Waals surface area contributed by atoms with Crippen LogP contribution >= 0.6 is 22.9 Å². The summed E-state index contributed by atoms with van der Waals surface area (Å²) in [6.45, 7) is 4.15. The molecule has 1 aromatic heterocycles. The van der Waals surface area contributed by atoms with E-state index in [0.29, 0.717) is 0 Å². The number of hydrogen-bond acceptors (Lipinski definition) is 2. The van der Waals surface area contributed by atoms with Gasteiger partial charge >= 0.3 is 0 Å². The molecule has 0 saturated heterocycles. The maximum absolute atomic E-state index is 6.18. The largest absolute Gasteiger partial charge is 0.309 e. The first-order valence-corrected chi connectivity index (χ1v) is 6.86. The molecule has 0 spiro atoms. The summed E-state index contributed by atoms with van der Waals surface area (Å²) in [6.07, 6.45) is 0. The number of aryl methyl sites for hydroxylation is 2. The van der Waals surface area contributed by atoms with E-state index in [-0.39, 0.29) is 6.04 Å². The summed E-state index contributed by atoms with van der Waals surface area (Å²) in [5.74, 6) is 0. The third-order valence-electron chi connectivity index (χ3n) is 2.90. The number of nitrogens with one attached hydrogen (secondary N) is 1. The molecule has 0 radical (unpaired) electrons. The number of thiophene rings is 1. The Morgan fingerprint density at radius 3 is 2.47 bits per heavy atom. The molecule has 90 valence electrons. The molecule has 1 N–H and O–H groups in total. The molecule has 1 aromatic carbocycles. The Bertz CT molecular complexity index is 519. The van der Waals surface area contributed by atoms with Crippen molar-refractivity contribution in [1.82, 2.24) is 5.32 Å². The summed E-state index contributed by atoms with van der Waals surface area (Å²) >= 11 is 7.96. The summed E-state index contributed by atoms with van der Waals surface area (Å²) in [7, 11) is 1.98. The van der Waals surface area contributed by atoms with Gasteiger partial charge in [-0.1, -0.05) is 23.7 Å². The Morgan fingerprint density at radius 1 is 1.18 bits per heavy atom. The highest BCUT2D eigenvalue weighted by Gasteiger charge is 2.13. The molecule has 17 heavy (non-hydrogen) atoms. The van der Waals surface area contributed by atoms with Gasteiger partial charge in [0.15, 0.2) is 0 Å². The first kappa shape index (κ1) is 12.6. The Morgan fingerprint density at radius 2 is 1.94 bits per heavy atom. The summed E-state index contributed by atoms with van der Waals surface area (Å²) in [4.78, 5) is 1.33. The molecule has 0 bridgehead atoms. The summed E-state index contributed by atoms with van der Waals surface area (Å²) in [6, 6.07) is 8.69. The number of halogens is 1. The van der Waals surface area contributed by atoms with Crippen LogP contribution in [0.4, 0.5) is 0 Å². The minimum Gasteiger partial charge on any atom is -0.309 e. The van der Waals surface area contributed by atoms with Crippen LogP contribution in [0.5, 0.6) is 0 Å². The van der Waals surface area contributed by atoms with Gasteiger partial charge in [-0.2, -0.15) is 0 Å². The smallest absolute Gasteiger partial charge is 0.0583 e. The molecule has 1 atom stereocenters.